The van der Waals surface area contributed by atoms with E-state index in [4.69, 9.17) is 29.3 Å². The number of rotatable bonds is 5. The first-order chi connectivity index (χ1) is 31.7. The third-order valence-electron chi connectivity index (χ3n) is 12.5. The van der Waals surface area contributed by atoms with Crippen LogP contribution < -0.4 is 0 Å². The summed E-state index contributed by atoms with van der Waals surface area (Å²) in [7, 11) is 0. The maximum atomic E-state index is 7.29. The van der Waals surface area contributed by atoms with Crippen LogP contribution in [0.4, 0.5) is 0 Å². The highest BCUT2D eigenvalue weighted by Crippen LogP contribution is 2.48. The van der Waals surface area contributed by atoms with E-state index in [9.17, 15) is 0 Å². The molecule has 0 aliphatic heterocycles. The van der Waals surface area contributed by atoms with Crippen LogP contribution in [0.3, 0.4) is 0 Å². The zero-order valence-electron chi connectivity index (χ0n) is 33.8. The highest BCUT2D eigenvalue weighted by atomic mass is 32.1. The summed E-state index contributed by atoms with van der Waals surface area (Å²) in [5.74, 6) is 1.90. The highest BCUT2D eigenvalue weighted by Gasteiger charge is 2.28. The van der Waals surface area contributed by atoms with Crippen molar-refractivity contribution in [1.82, 2.24) is 34.1 Å². The molecule has 64 heavy (non-hydrogen) atoms. The molecule has 14 rings (SSSR count). The van der Waals surface area contributed by atoms with Crippen molar-refractivity contribution in [3.63, 3.8) is 0 Å². The quantitative estimate of drug-likeness (QED) is 0.172. The predicted molar refractivity (Wildman–Crippen MR) is 261 cm³/mol. The number of hydrogen-bond donors (Lipinski definition) is 0. The number of nitrogens with zero attached hydrogens (tertiary/aromatic N) is 7. The van der Waals surface area contributed by atoms with Crippen LogP contribution in [0.15, 0.2) is 193 Å². The summed E-state index contributed by atoms with van der Waals surface area (Å²) in [4.78, 5) is 25.2. The molecule has 0 bridgehead atoms. The van der Waals surface area contributed by atoms with Crippen LogP contribution >= 0.6 is 11.3 Å². The van der Waals surface area contributed by atoms with E-state index >= 15 is 0 Å². The Bertz CT molecular complexity index is 4130. The average Bonchev–Trinajstić information content (AvgIpc) is 4.10. The van der Waals surface area contributed by atoms with E-state index in [1.54, 1.807) is 11.3 Å². The molecule has 0 N–H and O–H groups in total. The van der Waals surface area contributed by atoms with Crippen molar-refractivity contribution in [3.05, 3.63) is 188 Å². The number of hydrogen-bond acceptors (Lipinski definition) is 7. The van der Waals surface area contributed by atoms with Crippen LogP contribution in [-0.2, 0) is 0 Å². The molecular formula is C55H31N7OS. The molecule has 0 aliphatic rings. The summed E-state index contributed by atoms with van der Waals surface area (Å²) < 4.78 is 14.0. The molecule has 0 radical (unpaired) electrons. The summed E-state index contributed by atoms with van der Waals surface area (Å²) in [6, 6.07) is 60.6. The molecule has 298 valence electrons. The normalized spacial score (nSPS) is 12.1. The van der Waals surface area contributed by atoms with Gasteiger partial charge in [-0.25, -0.2) is 15.0 Å². The van der Waals surface area contributed by atoms with Gasteiger partial charge < -0.3 is 4.42 Å². The van der Waals surface area contributed by atoms with Crippen molar-refractivity contribution in [2.45, 2.75) is 0 Å². The van der Waals surface area contributed by atoms with Crippen molar-refractivity contribution < 1.29 is 4.42 Å². The highest BCUT2D eigenvalue weighted by molar-refractivity contribution is 7.26. The first-order valence-corrected chi connectivity index (χ1v) is 22.0. The first kappa shape index (κ1) is 35.1. The number of furan rings is 1. The molecular weight excluding hydrogens is 807 g/mol. The lowest BCUT2D eigenvalue weighted by molar-refractivity contribution is 0.624. The smallest absolute Gasteiger partial charge is 0.215 e. The van der Waals surface area contributed by atoms with E-state index in [1.807, 2.05) is 91.3 Å². The van der Waals surface area contributed by atoms with E-state index in [0.717, 1.165) is 114 Å². The minimum absolute atomic E-state index is 0.634. The Hall–Kier alpha value is -8.53. The van der Waals surface area contributed by atoms with Crippen molar-refractivity contribution in [2.24, 2.45) is 0 Å². The zero-order chi connectivity index (χ0) is 41.9. The fourth-order valence-corrected chi connectivity index (χ4v) is 10.9. The number of fused-ring (bicyclic) bond motifs is 14. The SMILES string of the molecule is c1ccc(-c2nc(-c3ccccc3)nc(-c3cccc4sc5cc(-n6c7cnc8ccccc8c7c7c8c9c%10ccccc%10ncc9n(-c9ccccc9)c8oc76)ccc5c34)n2)cc1. The van der Waals surface area contributed by atoms with Gasteiger partial charge in [0.25, 0.3) is 0 Å². The molecule has 7 aromatic carbocycles. The first-order valence-electron chi connectivity index (χ1n) is 21.2. The lowest BCUT2D eigenvalue weighted by atomic mass is 10.0. The standard InChI is InChI=1S/C55H31N7OS/c1-4-15-32(16-5-1)51-58-52(33-17-6-2-7-18-33)60-53(59-51)39-23-14-26-44-46(39)38-28-27-35(29-45(38)64-44)62-43-31-57-41-25-13-11-22-37(41)48(43)50-49-47-36-21-10-12-24-40(36)56-30-42(47)61(54(49)63-55(50)62)34-19-8-3-9-20-34/h1-31H. The van der Waals surface area contributed by atoms with Gasteiger partial charge in [0.1, 0.15) is 0 Å². The van der Waals surface area contributed by atoms with Crippen molar-refractivity contribution >= 4 is 97.3 Å². The Kier molecular flexibility index (Phi) is 7.40. The molecule has 9 heteroatoms. The second kappa shape index (κ2) is 13.5. The molecule has 7 aromatic heterocycles. The fraction of sp³-hybridized carbons (Fsp3) is 0. The van der Waals surface area contributed by atoms with Crippen LogP contribution in [0.5, 0.6) is 0 Å². The van der Waals surface area contributed by atoms with E-state index in [0.29, 0.717) is 17.5 Å². The molecule has 0 fully saturated rings. The van der Waals surface area contributed by atoms with Crippen LogP contribution in [0.1, 0.15) is 0 Å². The van der Waals surface area contributed by atoms with Gasteiger partial charge in [-0.2, -0.15) is 0 Å². The molecule has 0 aliphatic carbocycles. The summed E-state index contributed by atoms with van der Waals surface area (Å²) in [6.45, 7) is 0. The predicted octanol–water partition coefficient (Wildman–Crippen LogP) is 14.1. The zero-order valence-corrected chi connectivity index (χ0v) is 34.7. The third-order valence-corrected chi connectivity index (χ3v) is 13.6. The van der Waals surface area contributed by atoms with Gasteiger partial charge in [0.15, 0.2) is 17.5 Å². The van der Waals surface area contributed by atoms with Crippen LogP contribution in [0.2, 0.25) is 0 Å². The Morgan fingerprint density at radius 1 is 0.391 bits per heavy atom. The number of aromatic nitrogens is 7. The number of thiophene rings is 1. The van der Waals surface area contributed by atoms with Gasteiger partial charge in [-0.3, -0.25) is 19.1 Å². The molecule has 14 aromatic rings. The maximum absolute atomic E-state index is 7.29. The van der Waals surface area contributed by atoms with Crippen molar-refractivity contribution in [1.29, 1.82) is 0 Å². The van der Waals surface area contributed by atoms with Gasteiger partial charge in [-0.1, -0.05) is 133 Å². The van der Waals surface area contributed by atoms with Gasteiger partial charge in [0, 0.05) is 64.1 Å². The summed E-state index contributed by atoms with van der Waals surface area (Å²) in [6.07, 6.45) is 3.98. The second-order valence-electron chi connectivity index (χ2n) is 16.0. The van der Waals surface area contributed by atoms with Gasteiger partial charge >= 0.3 is 0 Å². The lowest BCUT2D eigenvalue weighted by Crippen LogP contribution is -2.00. The molecule has 0 spiro atoms. The van der Waals surface area contributed by atoms with Gasteiger partial charge in [0.2, 0.25) is 11.4 Å². The Labute approximate surface area is 368 Å². The van der Waals surface area contributed by atoms with E-state index in [2.05, 4.69) is 106 Å². The summed E-state index contributed by atoms with van der Waals surface area (Å²) in [5, 5.41) is 8.71. The minimum atomic E-state index is 0.634. The molecule has 0 saturated carbocycles. The number of para-hydroxylation sites is 3. The monoisotopic (exact) mass is 837 g/mol. The van der Waals surface area contributed by atoms with Crippen LogP contribution in [0, 0.1) is 0 Å². The lowest BCUT2D eigenvalue weighted by Gasteiger charge is -2.10. The van der Waals surface area contributed by atoms with Crippen molar-refractivity contribution in [3.8, 4) is 45.5 Å². The van der Waals surface area contributed by atoms with E-state index in [1.165, 1.54) is 0 Å². The molecule has 0 atom stereocenters. The van der Waals surface area contributed by atoms with E-state index < -0.39 is 0 Å². The molecule has 7 heterocycles. The molecule has 8 nitrogen and oxygen atoms in total. The Morgan fingerprint density at radius 3 is 1.53 bits per heavy atom. The third kappa shape index (κ3) is 5.07. The summed E-state index contributed by atoms with van der Waals surface area (Å²) >= 11 is 1.76. The topological polar surface area (TPSA) is 87.5 Å². The average molecular weight is 838 g/mol. The Balaban J connectivity index is 1.04. The van der Waals surface area contributed by atoms with Crippen LogP contribution in [0.25, 0.3) is 132 Å². The number of pyridine rings is 2. The fourth-order valence-electron chi connectivity index (χ4n) is 9.69. The molecule has 0 saturated heterocycles. The largest absolute Gasteiger partial charge is 0.422 e. The van der Waals surface area contributed by atoms with Gasteiger partial charge in [-0.15, -0.1) is 11.3 Å². The molecule has 0 unspecified atom stereocenters. The second-order valence-corrected chi connectivity index (χ2v) is 17.1. The number of benzene rings is 7. The van der Waals surface area contributed by atoms with Gasteiger partial charge in [0.05, 0.1) is 50.9 Å². The molecule has 0 amide bonds. The Morgan fingerprint density at radius 2 is 0.922 bits per heavy atom. The summed E-state index contributed by atoms with van der Waals surface area (Å²) in [5.41, 5.74) is 10.2. The minimum Gasteiger partial charge on any atom is -0.422 e. The van der Waals surface area contributed by atoms with E-state index in [-0.39, 0.29) is 0 Å². The van der Waals surface area contributed by atoms with Crippen molar-refractivity contribution in [2.75, 3.05) is 0 Å². The van der Waals surface area contributed by atoms with Gasteiger partial charge in [-0.05, 0) is 42.5 Å². The maximum Gasteiger partial charge on any atom is 0.215 e. The van der Waals surface area contributed by atoms with Crippen LogP contribution in [-0.4, -0.2) is 34.1 Å².